The molecule has 29 heavy (non-hydrogen) atoms. The topological polar surface area (TPSA) is 84.5 Å². The van der Waals surface area contributed by atoms with E-state index in [1.807, 2.05) is 52.0 Å². The summed E-state index contributed by atoms with van der Waals surface area (Å²) >= 11 is 0. The summed E-state index contributed by atoms with van der Waals surface area (Å²) in [6.07, 6.45) is -1.59. The second kappa shape index (κ2) is 9.37. The first kappa shape index (κ1) is 22.1. The van der Waals surface area contributed by atoms with Crippen LogP contribution >= 0.6 is 0 Å². The van der Waals surface area contributed by atoms with Gasteiger partial charge in [0.05, 0.1) is 0 Å². The third kappa shape index (κ3) is 6.75. The molecule has 0 spiro atoms. The number of nitrogens with one attached hydrogen (secondary N) is 2. The molecule has 2 rings (SSSR count). The van der Waals surface area contributed by atoms with E-state index in [1.165, 1.54) is 6.92 Å². The first-order chi connectivity index (χ1) is 13.6. The van der Waals surface area contributed by atoms with E-state index in [2.05, 4.69) is 10.6 Å². The van der Waals surface area contributed by atoms with Gasteiger partial charge in [-0.15, -0.1) is 0 Å². The average Bonchev–Trinajstić information content (AvgIpc) is 2.60. The number of alkyl carbamates (subject to hydrolysis) is 1. The lowest BCUT2D eigenvalue weighted by atomic mass is 9.96. The van der Waals surface area contributed by atoms with E-state index in [4.69, 9.17) is 4.74 Å². The van der Waals surface area contributed by atoms with Crippen molar-refractivity contribution in [3.8, 4) is 0 Å². The maximum atomic E-state index is 12.8. The van der Waals surface area contributed by atoms with Gasteiger partial charge in [0.2, 0.25) is 0 Å². The lowest BCUT2D eigenvalue weighted by Gasteiger charge is -2.22. The number of ether oxygens (including phenoxy) is 1. The van der Waals surface area contributed by atoms with Crippen molar-refractivity contribution in [2.45, 2.75) is 52.7 Å². The summed E-state index contributed by atoms with van der Waals surface area (Å²) in [6, 6.07) is 14.5. The molecule has 0 saturated heterocycles. The molecule has 2 N–H and O–H groups in total. The molecule has 0 saturated carbocycles. The minimum absolute atomic E-state index is 0.0107. The van der Waals surface area contributed by atoms with E-state index in [0.29, 0.717) is 16.8 Å². The SMILES string of the molecule is Cc1cccc(CC(=O)C(C)OC(=O)NC(C)(C)C)c1C(=O)Nc1ccccc1. The summed E-state index contributed by atoms with van der Waals surface area (Å²) < 4.78 is 5.19. The molecule has 0 aliphatic rings. The molecule has 1 unspecified atom stereocenters. The number of anilines is 1. The predicted octanol–water partition coefficient (Wildman–Crippen LogP) is 4.27. The molecule has 0 bridgehead atoms. The molecule has 6 heteroatoms. The van der Waals surface area contributed by atoms with Crippen molar-refractivity contribution in [1.29, 1.82) is 0 Å². The molecule has 2 aromatic rings. The standard InChI is InChI=1S/C23H28N2O4/c1-15-10-9-11-17(20(15)21(27)24-18-12-7-6-8-13-18)14-19(26)16(2)29-22(28)25-23(3,4)5/h6-13,16H,14H2,1-5H3,(H,24,27)(H,25,28). The van der Waals surface area contributed by atoms with Crippen molar-refractivity contribution in [3.05, 3.63) is 65.2 Å². The Labute approximate surface area is 171 Å². The number of Topliss-reactive ketones (excluding diaryl/α,β-unsaturated/α-hetero) is 1. The lowest BCUT2D eigenvalue weighted by molar-refractivity contribution is -0.125. The molecule has 0 heterocycles. The van der Waals surface area contributed by atoms with Crippen LogP contribution < -0.4 is 10.6 Å². The molecule has 0 aromatic heterocycles. The van der Waals surface area contributed by atoms with E-state index < -0.39 is 17.7 Å². The number of amides is 2. The van der Waals surface area contributed by atoms with Crippen LogP contribution in [-0.2, 0) is 16.0 Å². The van der Waals surface area contributed by atoms with Crippen molar-refractivity contribution in [2.24, 2.45) is 0 Å². The minimum Gasteiger partial charge on any atom is -0.439 e. The molecule has 6 nitrogen and oxygen atoms in total. The summed E-state index contributed by atoms with van der Waals surface area (Å²) in [7, 11) is 0. The first-order valence-corrected chi connectivity index (χ1v) is 9.53. The van der Waals surface area contributed by atoms with Crippen LogP contribution in [0, 0.1) is 6.92 Å². The molecule has 0 aliphatic carbocycles. The van der Waals surface area contributed by atoms with Crippen LogP contribution in [0.15, 0.2) is 48.5 Å². The number of benzene rings is 2. The smallest absolute Gasteiger partial charge is 0.408 e. The number of hydrogen-bond acceptors (Lipinski definition) is 4. The highest BCUT2D eigenvalue weighted by atomic mass is 16.6. The van der Waals surface area contributed by atoms with Crippen LogP contribution in [0.3, 0.4) is 0 Å². The van der Waals surface area contributed by atoms with Gasteiger partial charge < -0.3 is 15.4 Å². The van der Waals surface area contributed by atoms with Crippen molar-refractivity contribution < 1.29 is 19.1 Å². The molecule has 0 fully saturated rings. The summed E-state index contributed by atoms with van der Waals surface area (Å²) in [4.78, 5) is 37.4. The van der Waals surface area contributed by atoms with Crippen LogP contribution in [0.25, 0.3) is 0 Å². The molecule has 154 valence electrons. The zero-order valence-electron chi connectivity index (χ0n) is 17.5. The predicted molar refractivity (Wildman–Crippen MR) is 113 cm³/mol. The molecule has 0 radical (unpaired) electrons. The van der Waals surface area contributed by atoms with Gasteiger partial charge in [0, 0.05) is 23.2 Å². The van der Waals surface area contributed by atoms with Gasteiger partial charge in [-0.2, -0.15) is 0 Å². The van der Waals surface area contributed by atoms with Crippen molar-refractivity contribution >= 4 is 23.5 Å². The molecule has 2 amide bonds. The third-order valence-corrected chi connectivity index (χ3v) is 4.20. The Morgan fingerprint density at radius 2 is 1.66 bits per heavy atom. The second-order valence-corrected chi connectivity index (χ2v) is 7.99. The van der Waals surface area contributed by atoms with E-state index in [0.717, 1.165) is 5.56 Å². The van der Waals surface area contributed by atoms with Crippen molar-refractivity contribution in [2.75, 3.05) is 5.32 Å². The third-order valence-electron chi connectivity index (χ3n) is 4.20. The van der Waals surface area contributed by atoms with Gasteiger partial charge in [0.15, 0.2) is 11.9 Å². The van der Waals surface area contributed by atoms with Crippen LogP contribution in [0.4, 0.5) is 10.5 Å². The van der Waals surface area contributed by atoms with E-state index in [1.54, 1.807) is 24.3 Å². The number of para-hydroxylation sites is 1. The van der Waals surface area contributed by atoms with Crippen molar-refractivity contribution in [3.63, 3.8) is 0 Å². The van der Waals surface area contributed by atoms with Crippen LogP contribution in [0.2, 0.25) is 0 Å². The molecule has 1 atom stereocenters. The van der Waals surface area contributed by atoms with Gasteiger partial charge in [-0.05, 0) is 57.9 Å². The van der Waals surface area contributed by atoms with Gasteiger partial charge in [-0.3, -0.25) is 9.59 Å². The van der Waals surface area contributed by atoms with Crippen LogP contribution in [0.5, 0.6) is 0 Å². The van der Waals surface area contributed by atoms with Gasteiger partial charge in [0.1, 0.15) is 0 Å². The number of ketones is 1. The average molecular weight is 396 g/mol. The summed E-state index contributed by atoms with van der Waals surface area (Å²) in [5.41, 5.74) is 2.03. The fourth-order valence-electron chi connectivity index (χ4n) is 2.81. The highest BCUT2D eigenvalue weighted by Gasteiger charge is 2.23. The highest BCUT2D eigenvalue weighted by molar-refractivity contribution is 6.07. The summed E-state index contributed by atoms with van der Waals surface area (Å²) in [5.74, 6) is -0.565. The normalized spacial score (nSPS) is 12.0. The molecule has 2 aromatic carbocycles. The Bertz CT molecular complexity index is 885. The maximum Gasteiger partial charge on any atom is 0.408 e. The Balaban J connectivity index is 2.12. The second-order valence-electron chi connectivity index (χ2n) is 7.99. The Morgan fingerprint density at radius 3 is 2.28 bits per heavy atom. The minimum atomic E-state index is -0.928. The van der Waals surface area contributed by atoms with Gasteiger partial charge in [-0.25, -0.2) is 4.79 Å². The van der Waals surface area contributed by atoms with Crippen molar-refractivity contribution in [1.82, 2.24) is 5.32 Å². The van der Waals surface area contributed by atoms with Gasteiger partial charge >= 0.3 is 6.09 Å². The Kier molecular flexibility index (Phi) is 7.15. The van der Waals surface area contributed by atoms with Crippen LogP contribution in [0.1, 0.15) is 49.2 Å². The highest BCUT2D eigenvalue weighted by Crippen LogP contribution is 2.19. The number of rotatable bonds is 6. The molecular formula is C23H28N2O4. The summed E-state index contributed by atoms with van der Waals surface area (Å²) in [6.45, 7) is 8.83. The number of aryl methyl sites for hydroxylation is 1. The quantitative estimate of drug-likeness (QED) is 0.764. The maximum absolute atomic E-state index is 12.8. The zero-order chi connectivity index (χ0) is 21.6. The summed E-state index contributed by atoms with van der Waals surface area (Å²) in [5, 5.41) is 5.51. The lowest BCUT2D eigenvalue weighted by Crippen LogP contribution is -2.43. The molecular weight excluding hydrogens is 368 g/mol. The first-order valence-electron chi connectivity index (χ1n) is 9.53. The van der Waals surface area contributed by atoms with Gasteiger partial charge in [-0.1, -0.05) is 36.4 Å². The fourth-order valence-corrected chi connectivity index (χ4v) is 2.81. The van der Waals surface area contributed by atoms with E-state index in [9.17, 15) is 14.4 Å². The van der Waals surface area contributed by atoms with E-state index in [-0.39, 0.29) is 18.1 Å². The Morgan fingerprint density at radius 1 is 1.00 bits per heavy atom. The zero-order valence-corrected chi connectivity index (χ0v) is 17.5. The van der Waals surface area contributed by atoms with Crippen LogP contribution in [-0.4, -0.2) is 29.4 Å². The number of carbonyl (C=O) groups is 3. The number of carbonyl (C=O) groups excluding carboxylic acids is 3. The fraction of sp³-hybridized carbons (Fsp3) is 0.348. The Hall–Kier alpha value is -3.15. The van der Waals surface area contributed by atoms with Gasteiger partial charge in [0.25, 0.3) is 5.91 Å². The largest absolute Gasteiger partial charge is 0.439 e. The molecule has 0 aliphatic heterocycles. The monoisotopic (exact) mass is 396 g/mol. The van der Waals surface area contributed by atoms with E-state index >= 15 is 0 Å². The number of hydrogen-bond donors (Lipinski definition) is 2.